The van der Waals surface area contributed by atoms with Gasteiger partial charge in [-0.1, -0.05) is 59.7 Å². The molecule has 0 atom stereocenters. The molecule has 1 aliphatic rings. The average molecular weight is 374 g/mol. The Labute approximate surface area is 166 Å². The molecule has 0 N–H and O–H groups in total. The van der Waals surface area contributed by atoms with Crippen molar-refractivity contribution >= 4 is 11.6 Å². The molecule has 0 spiro atoms. The quantitative estimate of drug-likeness (QED) is 0.566. The predicted octanol–water partition coefficient (Wildman–Crippen LogP) is 4.01. The maximum Gasteiger partial charge on any atom is 0.187 e. The molecule has 2 aromatic rings. The third kappa shape index (κ3) is 5.43. The number of carbonyl (C=O) groups is 2. The van der Waals surface area contributed by atoms with Gasteiger partial charge in [-0.25, -0.2) is 0 Å². The molecule has 1 heterocycles. The summed E-state index contributed by atoms with van der Waals surface area (Å²) in [6.07, 6.45) is 7.02. The van der Waals surface area contributed by atoms with E-state index in [4.69, 9.17) is 0 Å². The second kappa shape index (κ2) is 9.18. The molecule has 1 aliphatic heterocycles. The molecular formula is C24H26N2O2. The lowest BCUT2D eigenvalue weighted by atomic mass is 10.1. The second-order valence-corrected chi connectivity index (χ2v) is 7.16. The molecule has 0 aromatic heterocycles. The lowest BCUT2D eigenvalue weighted by molar-refractivity contribution is 0.103. The number of hydrogen-bond donors (Lipinski definition) is 0. The van der Waals surface area contributed by atoms with Crippen molar-refractivity contribution in [1.82, 2.24) is 9.80 Å². The molecule has 1 fully saturated rings. The van der Waals surface area contributed by atoms with Crippen LogP contribution in [0.2, 0.25) is 0 Å². The Kier molecular flexibility index (Phi) is 6.43. The molecule has 4 nitrogen and oxygen atoms in total. The monoisotopic (exact) mass is 374 g/mol. The van der Waals surface area contributed by atoms with Crippen LogP contribution < -0.4 is 0 Å². The summed E-state index contributed by atoms with van der Waals surface area (Å²) < 4.78 is 0. The Morgan fingerprint density at radius 1 is 0.643 bits per heavy atom. The van der Waals surface area contributed by atoms with E-state index in [2.05, 4.69) is 9.80 Å². The zero-order chi connectivity index (χ0) is 19.9. The summed E-state index contributed by atoms with van der Waals surface area (Å²) in [6.45, 7) is 7.29. The molecule has 144 valence electrons. The van der Waals surface area contributed by atoms with Gasteiger partial charge in [0.15, 0.2) is 11.6 Å². The van der Waals surface area contributed by atoms with Crippen LogP contribution in [0.25, 0.3) is 0 Å². The molecule has 2 aromatic carbocycles. The number of rotatable bonds is 6. The fourth-order valence-corrected chi connectivity index (χ4v) is 3.01. The van der Waals surface area contributed by atoms with Gasteiger partial charge in [-0.05, 0) is 13.8 Å². The molecular weight excluding hydrogens is 348 g/mol. The van der Waals surface area contributed by atoms with Gasteiger partial charge < -0.3 is 9.80 Å². The zero-order valence-electron chi connectivity index (χ0n) is 16.5. The number of nitrogens with zero attached hydrogens (tertiary/aromatic N) is 2. The van der Waals surface area contributed by atoms with Gasteiger partial charge in [0.05, 0.1) is 0 Å². The smallest absolute Gasteiger partial charge is 0.187 e. The minimum atomic E-state index is 0.0195. The number of benzene rings is 2. The number of allylic oxidation sites excluding steroid dienone is 2. The number of aryl methyl sites for hydroxylation is 2. The molecule has 0 radical (unpaired) electrons. The van der Waals surface area contributed by atoms with Crippen LogP contribution in [0, 0.1) is 13.8 Å². The molecule has 0 amide bonds. The zero-order valence-corrected chi connectivity index (χ0v) is 16.5. The van der Waals surface area contributed by atoms with Crippen molar-refractivity contribution in [2.45, 2.75) is 13.8 Å². The highest BCUT2D eigenvalue weighted by atomic mass is 16.1. The number of carbonyl (C=O) groups excluding carboxylic acids is 2. The summed E-state index contributed by atoms with van der Waals surface area (Å²) in [5.41, 5.74) is 3.70. The lowest BCUT2D eigenvalue weighted by Crippen LogP contribution is -2.41. The van der Waals surface area contributed by atoms with E-state index in [1.54, 1.807) is 12.2 Å². The summed E-state index contributed by atoms with van der Waals surface area (Å²) in [5.74, 6) is 0.0389. The second-order valence-electron chi connectivity index (χ2n) is 7.16. The molecule has 0 unspecified atom stereocenters. The van der Waals surface area contributed by atoms with Gasteiger partial charge in [-0.3, -0.25) is 9.59 Å². The van der Waals surface area contributed by atoms with E-state index in [-0.39, 0.29) is 11.6 Å². The maximum atomic E-state index is 12.2. The minimum Gasteiger partial charge on any atom is -0.374 e. The maximum absolute atomic E-state index is 12.2. The highest BCUT2D eigenvalue weighted by Crippen LogP contribution is 2.08. The SMILES string of the molecule is Cc1ccc(C(=O)/C=C\N2CCN(/C=C\C(=O)c3ccc(C)cc3)CC2)cc1. The van der Waals surface area contributed by atoms with E-state index in [0.29, 0.717) is 11.1 Å². The predicted molar refractivity (Wildman–Crippen MR) is 112 cm³/mol. The highest BCUT2D eigenvalue weighted by Gasteiger charge is 2.12. The Balaban J connectivity index is 1.47. The topological polar surface area (TPSA) is 40.6 Å². The Morgan fingerprint density at radius 2 is 0.964 bits per heavy atom. The van der Waals surface area contributed by atoms with Crippen LogP contribution in [0.4, 0.5) is 0 Å². The van der Waals surface area contributed by atoms with Crippen molar-refractivity contribution in [2.75, 3.05) is 26.2 Å². The van der Waals surface area contributed by atoms with Gasteiger partial charge >= 0.3 is 0 Å². The first kappa shape index (κ1) is 19.6. The highest BCUT2D eigenvalue weighted by molar-refractivity contribution is 6.04. The van der Waals surface area contributed by atoms with Gasteiger partial charge in [-0.2, -0.15) is 0 Å². The van der Waals surface area contributed by atoms with E-state index >= 15 is 0 Å². The Hall–Kier alpha value is -3.14. The van der Waals surface area contributed by atoms with Crippen LogP contribution >= 0.6 is 0 Å². The van der Waals surface area contributed by atoms with Crippen LogP contribution in [0.3, 0.4) is 0 Å². The van der Waals surface area contributed by atoms with Gasteiger partial charge in [0, 0.05) is 61.9 Å². The first-order valence-electron chi connectivity index (χ1n) is 9.58. The minimum absolute atomic E-state index is 0.0195. The van der Waals surface area contributed by atoms with Gasteiger partial charge in [-0.15, -0.1) is 0 Å². The standard InChI is InChI=1S/C24H26N2O2/c1-19-3-7-21(8-4-19)23(27)11-13-25-15-17-26(18-16-25)14-12-24(28)22-9-5-20(2)6-10-22/h3-14H,15-18H2,1-2H3/b13-11-,14-12-. The van der Waals surface area contributed by atoms with E-state index in [1.165, 1.54) is 0 Å². The molecule has 0 saturated carbocycles. The fraction of sp³-hybridized carbons (Fsp3) is 0.250. The van der Waals surface area contributed by atoms with Crippen LogP contribution in [0.1, 0.15) is 31.8 Å². The lowest BCUT2D eigenvalue weighted by Gasteiger charge is -2.33. The molecule has 0 aliphatic carbocycles. The molecule has 1 saturated heterocycles. The van der Waals surface area contributed by atoms with Gasteiger partial charge in [0.1, 0.15) is 0 Å². The molecule has 4 heteroatoms. The first-order valence-corrected chi connectivity index (χ1v) is 9.58. The van der Waals surface area contributed by atoms with E-state index < -0.39 is 0 Å². The fourth-order valence-electron chi connectivity index (χ4n) is 3.01. The average Bonchev–Trinajstić information content (AvgIpc) is 2.72. The number of ketones is 2. The van der Waals surface area contributed by atoms with Crippen LogP contribution in [0.5, 0.6) is 0 Å². The van der Waals surface area contributed by atoms with Crippen molar-refractivity contribution < 1.29 is 9.59 Å². The number of piperazine rings is 1. The largest absolute Gasteiger partial charge is 0.374 e. The van der Waals surface area contributed by atoms with Crippen LogP contribution in [0.15, 0.2) is 73.1 Å². The molecule has 28 heavy (non-hydrogen) atoms. The third-order valence-corrected chi connectivity index (χ3v) is 4.89. The van der Waals surface area contributed by atoms with Crippen molar-refractivity contribution in [2.24, 2.45) is 0 Å². The van der Waals surface area contributed by atoms with E-state index in [1.807, 2.05) is 74.8 Å². The third-order valence-electron chi connectivity index (χ3n) is 4.89. The van der Waals surface area contributed by atoms with Crippen molar-refractivity contribution in [3.63, 3.8) is 0 Å². The summed E-state index contributed by atoms with van der Waals surface area (Å²) in [5, 5.41) is 0. The molecule has 3 rings (SSSR count). The normalized spacial score (nSPS) is 14.8. The van der Waals surface area contributed by atoms with Gasteiger partial charge in [0.25, 0.3) is 0 Å². The van der Waals surface area contributed by atoms with Crippen LogP contribution in [-0.2, 0) is 0 Å². The van der Waals surface area contributed by atoms with Crippen LogP contribution in [-0.4, -0.2) is 47.5 Å². The van der Waals surface area contributed by atoms with Crippen molar-refractivity contribution in [3.05, 3.63) is 95.3 Å². The van der Waals surface area contributed by atoms with E-state index in [0.717, 1.165) is 37.3 Å². The first-order chi connectivity index (χ1) is 13.5. The van der Waals surface area contributed by atoms with Crippen molar-refractivity contribution in [1.29, 1.82) is 0 Å². The van der Waals surface area contributed by atoms with E-state index in [9.17, 15) is 9.59 Å². The van der Waals surface area contributed by atoms with Crippen molar-refractivity contribution in [3.8, 4) is 0 Å². The summed E-state index contributed by atoms with van der Waals surface area (Å²) >= 11 is 0. The Morgan fingerprint density at radius 3 is 1.29 bits per heavy atom. The molecule has 0 bridgehead atoms. The Bertz CT molecular complexity index is 796. The van der Waals surface area contributed by atoms with Gasteiger partial charge in [0.2, 0.25) is 0 Å². The summed E-state index contributed by atoms with van der Waals surface area (Å²) in [6, 6.07) is 15.2. The summed E-state index contributed by atoms with van der Waals surface area (Å²) in [4.78, 5) is 28.7. The summed E-state index contributed by atoms with van der Waals surface area (Å²) in [7, 11) is 0. The number of hydrogen-bond acceptors (Lipinski definition) is 4.